The Kier molecular flexibility index (Phi) is 3.79. The van der Waals surface area contributed by atoms with E-state index >= 15 is 0 Å². The van der Waals surface area contributed by atoms with E-state index < -0.39 is 0 Å². The zero-order chi connectivity index (χ0) is 12.4. The number of aryl methyl sites for hydroxylation is 2. The standard InChI is InChI=1S/C12H11Br2N3/c1-7-3-9(13)5-10(4-7)17-12-6-11(14)15-8(2)16-12/h3-6H,1-2H3,(H,15,16,17). The van der Waals surface area contributed by atoms with Gasteiger partial charge in [-0.25, -0.2) is 9.97 Å². The van der Waals surface area contributed by atoms with Gasteiger partial charge in [0.2, 0.25) is 0 Å². The van der Waals surface area contributed by atoms with Gasteiger partial charge in [-0.1, -0.05) is 15.9 Å². The van der Waals surface area contributed by atoms with Crippen LogP contribution in [0.4, 0.5) is 11.5 Å². The van der Waals surface area contributed by atoms with Crippen molar-refractivity contribution >= 4 is 43.4 Å². The Morgan fingerprint density at radius 2 is 1.76 bits per heavy atom. The van der Waals surface area contributed by atoms with Gasteiger partial charge in [0.1, 0.15) is 16.2 Å². The first-order chi connectivity index (χ1) is 8.02. The molecule has 0 amide bonds. The predicted molar refractivity (Wildman–Crippen MR) is 76.6 cm³/mol. The van der Waals surface area contributed by atoms with Crippen LogP contribution < -0.4 is 5.32 Å². The summed E-state index contributed by atoms with van der Waals surface area (Å²) in [5.74, 6) is 1.51. The van der Waals surface area contributed by atoms with E-state index in [0.29, 0.717) is 0 Å². The molecule has 0 aliphatic rings. The molecule has 0 spiro atoms. The average molecular weight is 357 g/mol. The molecule has 2 aromatic rings. The lowest BCUT2D eigenvalue weighted by Crippen LogP contribution is -1.97. The number of aromatic nitrogens is 2. The lowest BCUT2D eigenvalue weighted by atomic mass is 10.2. The Morgan fingerprint density at radius 1 is 1.00 bits per heavy atom. The van der Waals surface area contributed by atoms with Gasteiger partial charge in [-0.05, 0) is 53.5 Å². The fourth-order valence-electron chi connectivity index (χ4n) is 1.55. The molecule has 1 N–H and O–H groups in total. The third kappa shape index (κ3) is 3.51. The number of hydrogen-bond acceptors (Lipinski definition) is 3. The predicted octanol–water partition coefficient (Wildman–Crippen LogP) is 4.36. The minimum absolute atomic E-state index is 0.730. The van der Waals surface area contributed by atoms with Gasteiger partial charge >= 0.3 is 0 Å². The number of nitrogens with zero attached hydrogens (tertiary/aromatic N) is 2. The van der Waals surface area contributed by atoms with Crippen LogP contribution in [-0.2, 0) is 0 Å². The monoisotopic (exact) mass is 355 g/mol. The van der Waals surface area contributed by atoms with Crippen molar-refractivity contribution in [2.24, 2.45) is 0 Å². The smallest absolute Gasteiger partial charge is 0.135 e. The second-order valence-corrected chi connectivity index (χ2v) is 5.49. The van der Waals surface area contributed by atoms with Gasteiger partial charge in [0.15, 0.2) is 0 Å². The molecule has 17 heavy (non-hydrogen) atoms. The lowest BCUT2D eigenvalue weighted by molar-refractivity contribution is 1.04. The molecule has 0 saturated carbocycles. The van der Waals surface area contributed by atoms with Crippen molar-refractivity contribution in [2.45, 2.75) is 13.8 Å². The van der Waals surface area contributed by atoms with E-state index in [1.165, 1.54) is 5.56 Å². The molecule has 0 radical (unpaired) electrons. The van der Waals surface area contributed by atoms with E-state index in [4.69, 9.17) is 0 Å². The van der Waals surface area contributed by atoms with Crippen molar-refractivity contribution in [3.05, 3.63) is 44.7 Å². The summed E-state index contributed by atoms with van der Waals surface area (Å²) >= 11 is 6.83. The molecule has 1 heterocycles. The van der Waals surface area contributed by atoms with E-state index in [9.17, 15) is 0 Å². The SMILES string of the molecule is Cc1cc(Br)cc(Nc2cc(Br)nc(C)n2)c1. The minimum atomic E-state index is 0.730. The highest BCUT2D eigenvalue weighted by atomic mass is 79.9. The number of halogens is 2. The molecule has 0 bridgehead atoms. The Morgan fingerprint density at radius 3 is 2.41 bits per heavy atom. The quantitative estimate of drug-likeness (QED) is 0.812. The van der Waals surface area contributed by atoms with E-state index in [1.54, 1.807) is 0 Å². The Hall–Kier alpha value is -0.940. The highest BCUT2D eigenvalue weighted by Crippen LogP contribution is 2.22. The summed E-state index contributed by atoms with van der Waals surface area (Å²) in [5, 5.41) is 3.26. The maximum Gasteiger partial charge on any atom is 0.135 e. The van der Waals surface area contributed by atoms with Crippen LogP contribution in [0.3, 0.4) is 0 Å². The first-order valence-corrected chi connectivity index (χ1v) is 6.67. The van der Waals surface area contributed by atoms with E-state index in [2.05, 4.69) is 66.2 Å². The van der Waals surface area contributed by atoms with Gasteiger partial charge in [0.05, 0.1) is 0 Å². The Labute approximate surface area is 117 Å². The molecule has 5 heteroatoms. The second kappa shape index (κ2) is 5.14. The highest BCUT2D eigenvalue weighted by molar-refractivity contribution is 9.10. The van der Waals surface area contributed by atoms with Crippen molar-refractivity contribution in [3.63, 3.8) is 0 Å². The van der Waals surface area contributed by atoms with Crippen LogP contribution in [0.2, 0.25) is 0 Å². The fourth-order valence-corrected chi connectivity index (χ4v) is 2.63. The molecule has 3 nitrogen and oxygen atoms in total. The fraction of sp³-hybridized carbons (Fsp3) is 0.167. The summed E-state index contributed by atoms with van der Waals surface area (Å²) in [7, 11) is 0. The maximum absolute atomic E-state index is 4.32. The van der Waals surface area contributed by atoms with Crippen molar-refractivity contribution < 1.29 is 0 Å². The van der Waals surface area contributed by atoms with Gasteiger partial charge in [0, 0.05) is 16.2 Å². The molecule has 0 aliphatic carbocycles. The van der Waals surface area contributed by atoms with Crippen LogP contribution in [0.25, 0.3) is 0 Å². The number of nitrogens with one attached hydrogen (secondary N) is 1. The zero-order valence-electron chi connectivity index (χ0n) is 9.46. The average Bonchev–Trinajstić information content (AvgIpc) is 2.13. The summed E-state index contributed by atoms with van der Waals surface area (Å²) in [4.78, 5) is 8.49. The van der Waals surface area contributed by atoms with Crippen molar-refractivity contribution in [3.8, 4) is 0 Å². The summed E-state index contributed by atoms with van der Waals surface area (Å²) in [6, 6.07) is 7.99. The third-order valence-corrected chi connectivity index (χ3v) is 2.99. The molecule has 1 aromatic heterocycles. The number of hydrogen-bond donors (Lipinski definition) is 1. The van der Waals surface area contributed by atoms with Crippen LogP contribution >= 0.6 is 31.9 Å². The molecule has 0 saturated heterocycles. The first-order valence-electron chi connectivity index (χ1n) is 5.08. The number of rotatable bonds is 2. The molecular formula is C12H11Br2N3. The van der Waals surface area contributed by atoms with E-state index in [0.717, 1.165) is 26.4 Å². The topological polar surface area (TPSA) is 37.8 Å². The Bertz CT molecular complexity index is 465. The third-order valence-electron chi connectivity index (χ3n) is 2.12. The van der Waals surface area contributed by atoms with Gasteiger partial charge in [-0.3, -0.25) is 0 Å². The van der Waals surface area contributed by atoms with Crippen LogP contribution in [-0.4, -0.2) is 9.97 Å². The van der Waals surface area contributed by atoms with Crippen LogP contribution in [0.1, 0.15) is 11.4 Å². The van der Waals surface area contributed by atoms with Crippen molar-refractivity contribution in [1.29, 1.82) is 0 Å². The van der Waals surface area contributed by atoms with Crippen LogP contribution in [0, 0.1) is 13.8 Å². The van der Waals surface area contributed by atoms with Crippen LogP contribution in [0.5, 0.6) is 0 Å². The number of benzene rings is 1. The summed E-state index contributed by atoms with van der Waals surface area (Å²) in [5.41, 5.74) is 2.19. The molecule has 2 rings (SSSR count). The van der Waals surface area contributed by atoms with E-state index in [-0.39, 0.29) is 0 Å². The highest BCUT2D eigenvalue weighted by Gasteiger charge is 2.01. The molecular weight excluding hydrogens is 346 g/mol. The Balaban J connectivity index is 2.31. The van der Waals surface area contributed by atoms with Gasteiger partial charge in [-0.2, -0.15) is 0 Å². The van der Waals surface area contributed by atoms with Crippen LogP contribution in [0.15, 0.2) is 33.3 Å². The summed E-state index contributed by atoms with van der Waals surface area (Å²) < 4.78 is 1.82. The largest absolute Gasteiger partial charge is 0.340 e. The van der Waals surface area contributed by atoms with Gasteiger partial charge < -0.3 is 5.32 Å². The van der Waals surface area contributed by atoms with E-state index in [1.807, 2.05) is 19.1 Å². The zero-order valence-corrected chi connectivity index (χ0v) is 12.6. The van der Waals surface area contributed by atoms with Crippen molar-refractivity contribution in [1.82, 2.24) is 9.97 Å². The normalized spacial score (nSPS) is 10.4. The molecule has 0 unspecified atom stereocenters. The van der Waals surface area contributed by atoms with Gasteiger partial charge in [-0.15, -0.1) is 0 Å². The molecule has 88 valence electrons. The summed E-state index contributed by atoms with van der Waals surface area (Å²) in [6.45, 7) is 3.92. The second-order valence-electron chi connectivity index (χ2n) is 3.77. The molecule has 0 aliphatic heterocycles. The summed E-state index contributed by atoms with van der Waals surface area (Å²) in [6.07, 6.45) is 0. The lowest BCUT2D eigenvalue weighted by Gasteiger charge is -2.08. The first kappa shape index (κ1) is 12.5. The molecule has 0 atom stereocenters. The molecule has 1 aromatic carbocycles. The number of anilines is 2. The van der Waals surface area contributed by atoms with Crippen molar-refractivity contribution in [2.75, 3.05) is 5.32 Å². The van der Waals surface area contributed by atoms with Gasteiger partial charge in [0.25, 0.3) is 0 Å². The maximum atomic E-state index is 4.32. The molecule has 0 fully saturated rings. The minimum Gasteiger partial charge on any atom is -0.340 e.